The lowest BCUT2D eigenvalue weighted by Crippen LogP contribution is -2.50. The SMILES string of the molecule is NCC#Cc1ccc(F)cc1C(=O)NC1CCCNC1=O. The average molecular weight is 289 g/mol. The molecule has 2 rings (SSSR count). The van der Waals surface area contributed by atoms with Crippen molar-refractivity contribution in [2.75, 3.05) is 13.1 Å². The molecule has 0 bridgehead atoms. The summed E-state index contributed by atoms with van der Waals surface area (Å²) in [6, 6.07) is 3.17. The molecule has 2 amide bonds. The highest BCUT2D eigenvalue weighted by Crippen LogP contribution is 2.12. The fourth-order valence-corrected chi connectivity index (χ4v) is 2.11. The lowest BCUT2D eigenvalue weighted by molar-refractivity contribution is -0.124. The van der Waals surface area contributed by atoms with Crippen molar-refractivity contribution >= 4 is 11.8 Å². The van der Waals surface area contributed by atoms with Crippen LogP contribution in [0, 0.1) is 17.7 Å². The molecule has 1 aromatic carbocycles. The largest absolute Gasteiger partial charge is 0.354 e. The first kappa shape index (κ1) is 15.0. The highest BCUT2D eigenvalue weighted by Gasteiger charge is 2.24. The van der Waals surface area contributed by atoms with E-state index in [4.69, 9.17) is 5.73 Å². The van der Waals surface area contributed by atoms with E-state index >= 15 is 0 Å². The summed E-state index contributed by atoms with van der Waals surface area (Å²) in [5.41, 5.74) is 5.79. The second-order valence-electron chi connectivity index (χ2n) is 4.66. The fourth-order valence-electron chi connectivity index (χ4n) is 2.11. The number of rotatable bonds is 2. The Bertz CT molecular complexity index is 619. The van der Waals surface area contributed by atoms with Gasteiger partial charge in [0, 0.05) is 12.1 Å². The maximum atomic E-state index is 13.4. The van der Waals surface area contributed by atoms with Crippen LogP contribution in [0.3, 0.4) is 0 Å². The summed E-state index contributed by atoms with van der Waals surface area (Å²) in [4.78, 5) is 23.9. The molecule has 0 radical (unpaired) electrons. The summed E-state index contributed by atoms with van der Waals surface area (Å²) < 4.78 is 13.4. The van der Waals surface area contributed by atoms with Crippen LogP contribution in [0.2, 0.25) is 0 Å². The molecule has 4 N–H and O–H groups in total. The lowest BCUT2D eigenvalue weighted by Gasteiger charge is -2.23. The van der Waals surface area contributed by atoms with Crippen molar-refractivity contribution in [2.45, 2.75) is 18.9 Å². The lowest BCUT2D eigenvalue weighted by atomic mass is 10.0. The number of benzene rings is 1. The van der Waals surface area contributed by atoms with Crippen molar-refractivity contribution < 1.29 is 14.0 Å². The van der Waals surface area contributed by atoms with E-state index in [1.807, 2.05) is 0 Å². The number of amides is 2. The summed E-state index contributed by atoms with van der Waals surface area (Å²) in [6.45, 7) is 0.752. The van der Waals surface area contributed by atoms with Gasteiger partial charge in [-0.1, -0.05) is 11.8 Å². The van der Waals surface area contributed by atoms with E-state index in [0.717, 1.165) is 12.5 Å². The van der Waals surface area contributed by atoms with Gasteiger partial charge in [-0.05, 0) is 31.0 Å². The Labute approximate surface area is 122 Å². The Morgan fingerprint density at radius 3 is 3.05 bits per heavy atom. The molecule has 1 fully saturated rings. The van der Waals surface area contributed by atoms with Crippen LogP contribution < -0.4 is 16.4 Å². The Kier molecular flexibility index (Phi) is 4.90. The molecule has 0 aliphatic carbocycles. The molecule has 5 nitrogen and oxygen atoms in total. The molecule has 1 saturated heterocycles. The number of nitrogens with two attached hydrogens (primary N) is 1. The summed E-state index contributed by atoms with van der Waals surface area (Å²) in [5.74, 6) is 4.08. The standard InChI is InChI=1S/C15H16FN3O2/c16-11-6-5-10(3-1-7-17)12(9-11)14(20)19-13-4-2-8-18-15(13)21/h5-6,9,13H,2,4,7-8,17H2,(H,18,21)(H,19,20). The molecule has 1 atom stereocenters. The van der Waals surface area contributed by atoms with Crippen LogP contribution in [0.25, 0.3) is 0 Å². The summed E-state index contributed by atoms with van der Waals surface area (Å²) in [6.07, 6.45) is 1.36. The van der Waals surface area contributed by atoms with Gasteiger partial charge in [-0.2, -0.15) is 0 Å². The Morgan fingerprint density at radius 2 is 2.33 bits per heavy atom. The van der Waals surface area contributed by atoms with Crippen LogP contribution in [0.5, 0.6) is 0 Å². The third kappa shape index (κ3) is 3.80. The molecule has 21 heavy (non-hydrogen) atoms. The smallest absolute Gasteiger partial charge is 0.253 e. The average Bonchev–Trinajstić information content (AvgIpc) is 2.48. The number of carbonyl (C=O) groups is 2. The van der Waals surface area contributed by atoms with E-state index in [1.54, 1.807) is 0 Å². The van der Waals surface area contributed by atoms with E-state index in [0.29, 0.717) is 18.5 Å². The maximum absolute atomic E-state index is 13.4. The van der Waals surface area contributed by atoms with Crippen LogP contribution in [0.4, 0.5) is 4.39 Å². The molecule has 0 aromatic heterocycles. The molecule has 0 saturated carbocycles. The van der Waals surface area contributed by atoms with Crippen LogP contribution in [-0.2, 0) is 4.79 Å². The van der Waals surface area contributed by atoms with Gasteiger partial charge >= 0.3 is 0 Å². The number of piperidine rings is 1. The van der Waals surface area contributed by atoms with Gasteiger partial charge < -0.3 is 16.4 Å². The van der Waals surface area contributed by atoms with E-state index in [-0.39, 0.29) is 18.0 Å². The van der Waals surface area contributed by atoms with Crippen molar-refractivity contribution in [1.29, 1.82) is 0 Å². The molecular weight excluding hydrogens is 273 g/mol. The summed E-state index contributed by atoms with van der Waals surface area (Å²) in [7, 11) is 0. The second kappa shape index (κ2) is 6.86. The van der Waals surface area contributed by atoms with E-state index in [9.17, 15) is 14.0 Å². The molecule has 0 spiro atoms. The highest BCUT2D eigenvalue weighted by molar-refractivity contribution is 5.99. The number of hydrogen-bond donors (Lipinski definition) is 3. The molecule has 1 unspecified atom stereocenters. The number of halogens is 1. The van der Waals surface area contributed by atoms with Crippen molar-refractivity contribution in [2.24, 2.45) is 5.73 Å². The third-order valence-electron chi connectivity index (χ3n) is 3.14. The predicted octanol–water partition coefficient (Wildman–Crippen LogP) is 0.144. The monoisotopic (exact) mass is 289 g/mol. The topological polar surface area (TPSA) is 84.2 Å². The number of hydrogen-bond acceptors (Lipinski definition) is 3. The van der Waals surface area contributed by atoms with Gasteiger partial charge in [-0.25, -0.2) is 4.39 Å². The number of carbonyl (C=O) groups excluding carboxylic acids is 2. The van der Waals surface area contributed by atoms with Crippen LogP contribution >= 0.6 is 0 Å². The molecule has 1 aromatic rings. The number of nitrogens with one attached hydrogen (secondary N) is 2. The third-order valence-corrected chi connectivity index (χ3v) is 3.14. The van der Waals surface area contributed by atoms with Crippen molar-refractivity contribution in [3.05, 3.63) is 35.1 Å². The van der Waals surface area contributed by atoms with E-state index in [2.05, 4.69) is 22.5 Å². The molecule has 110 valence electrons. The zero-order valence-electron chi connectivity index (χ0n) is 11.4. The molecule has 1 heterocycles. The van der Waals surface area contributed by atoms with Gasteiger partial charge in [-0.15, -0.1) is 0 Å². The second-order valence-corrected chi connectivity index (χ2v) is 4.66. The Morgan fingerprint density at radius 1 is 1.52 bits per heavy atom. The Hall–Kier alpha value is -2.39. The minimum atomic E-state index is -0.593. The molecule has 1 aliphatic rings. The first-order valence-electron chi connectivity index (χ1n) is 6.69. The maximum Gasteiger partial charge on any atom is 0.253 e. The van der Waals surface area contributed by atoms with Gasteiger partial charge in [-0.3, -0.25) is 9.59 Å². The highest BCUT2D eigenvalue weighted by atomic mass is 19.1. The quantitative estimate of drug-likeness (QED) is 0.677. The van der Waals surface area contributed by atoms with Crippen LogP contribution in [-0.4, -0.2) is 30.9 Å². The predicted molar refractivity (Wildman–Crippen MR) is 75.8 cm³/mol. The zero-order valence-corrected chi connectivity index (χ0v) is 11.4. The van der Waals surface area contributed by atoms with Gasteiger partial charge in [0.15, 0.2) is 0 Å². The minimum Gasteiger partial charge on any atom is -0.354 e. The summed E-state index contributed by atoms with van der Waals surface area (Å²) >= 11 is 0. The van der Waals surface area contributed by atoms with Crippen molar-refractivity contribution in [1.82, 2.24) is 10.6 Å². The van der Waals surface area contributed by atoms with Gasteiger partial charge in [0.1, 0.15) is 11.9 Å². The van der Waals surface area contributed by atoms with E-state index in [1.165, 1.54) is 12.1 Å². The normalized spacial score (nSPS) is 17.4. The van der Waals surface area contributed by atoms with Gasteiger partial charge in [0.25, 0.3) is 5.91 Å². The van der Waals surface area contributed by atoms with Gasteiger partial charge in [0.05, 0.1) is 12.1 Å². The van der Waals surface area contributed by atoms with Crippen molar-refractivity contribution in [3.8, 4) is 11.8 Å². The zero-order chi connectivity index (χ0) is 15.2. The first-order chi connectivity index (χ1) is 10.1. The summed E-state index contributed by atoms with van der Waals surface area (Å²) in [5, 5.41) is 5.29. The van der Waals surface area contributed by atoms with Crippen molar-refractivity contribution in [3.63, 3.8) is 0 Å². The molecule has 1 aliphatic heterocycles. The van der Waals surface area contributed by atoms with Gasteiger partial charge in [0.2, 0.25) is 5.91 Å². The molecular formula is C15H16FN3O2. The minimum absolute atomic E-state index is 0.106. The van der Waals surface area contributed by atoms with E-state index < -0.39 is 17.8 Å². The first-order valence-corrected chi connectivity index (χ1v) is 6.69. The van der Waals surface area contributed by atoms with Crippen LogP contribution in [0.15, 0.2) is 18.2 Å². The fraction of sp³-hybridized carbons (Fsp3) is 0.333. The van der Waals surface area contributed by atoms with Crippen LogP contribution in [0.1, 0.15) is 28.8 Å². The molecule has 6 heteroatoms. The Balaban J connectivity index is 2.21.